The molecule has 2 aliphatic rings. The lowest BCUT2D eigenvalue weighted by Crippen LogP contribution is -2.39. The molecule has 0 spiro atoms. The quantitative estimate of drug-likeness (QED) is 0.543. The number of nitrogens with one attached hydrogen (secondary N) is 1. The van der Waals surface area contributed by atoms with Gasteiger partial charge >= 0.3 is 0 Å². The van der Waals surface area contributed by atoms with E-state index in [4.69, 9.17) is 10.6 Å². The summed E-state index contributed by atoms with van der Waals surface area (Å²) in [5.41, 5.74) is 0.767. The van der Waals surface area contributed by atoms with E-state index in [9.17, 15) is 4.79 Å². The summed E-state index contributed by atoms with van der Waals surface area (Å²) in [6.07, 6.45) is 4.98. The Labute approximate surface area is 156 Å². The highest BCUT2D eigenvalue weighted by atomic mass is 32.2. The molecule has 1 aromatic carbocycles. The fraction of sp³-hybridized carbons (Fsp3) is 0.500. The summed E-state index contributed by atoms with van der Waals surface area (Å²) < 4.78 is 6.77. The smallest absolute Gasteiger partial charge is 0.230 e. The molecule has 138 valence electrons. The van der Waals surface area contributed by atoms with Crippen LogP contribution in [0.3, 0.4) is 0 Å². The second-order valence-electron chi connectivity index (χ2n) is 6.93. The number of thioether (sulfide) groups is 1. The van der Waals surface area contributed by atoms with Gasteiger partial charge in [-0.25, -0.2) is 4.68 Å². The molecule has 0 bridgehead atoms. The average Bonchev–Trinajstić information content (AvgIpc) is 3.57. The van der Waals surface area contributed by atoms with Crippen LogP contribution in [0.5, 0.6) is 5.75 Å². The van der Waals surface area contributed by atoms with E-state index < -0.39 is 0 Å². The molecule has 2 aliphatic carbocycles. The van der Waals surface area contributed by atoms with Gasteiger partial charge in [-0.2, -0.15) is 0 Å². The van der Waals surface area contributed by atoms with Gasteiger partial charge in [-0.1, -0.05) is 23.9 Å². The molecule has 3 N–H and O–H groups in total. The van der Waals surface area contributed by atoms with Crippen molar-refractivity contribution in [2.45, 2.75) is 36.9 Å². The van der Waals surface area contributed by atoms with Crippen molar-refractivity contribution in [1.82, 2.24) is 20.2 Å². The lowest BCUT2D eigenvalue weighted by molar-refractivity contribution is -0.119. The van der Waals surface area contributed by atoms with E-state index in [0.717, 1.165) is 5.56 Å². The minimum absolute atomic E-state index is 0.0423. The zero-order valence-electron chi connectivity index (χ0n) is 14.7. The highest BCUT2D eigenvalue weighted by Crippen LogP contribution is 2.44. The van der Waals surface area contributed by atoms with Crippen LogP contribution in [0.2, 0.25) is 0 Å². The van der Waals surface area contributed by atoms with Crippen molar-refractivity contribution < 1.29 is 9.53 Å². The maximum absolute atomic E-state index is 12.3. The van der Waals surface area contributed by atoms with Crippen LogP contribution in [0.1, 0.15) is 25.7 Å². The van der Waals surface area contributed by atoms with Gasteiger partial charge in [0.15, 0.2) is 5.82 Å². The van der Waals surface area contributed by atoms with Crippen LogP contribution >= 0.6 is 11.8 Å². The van der Waals surface area contributed by atoms with Crippen LogP contribution < -0.4 is 15.9 Å². The van der Waals surface area contributed by atoms with E-state index in [1.807, 2.05) is 24.3 Å². The molecule has 2 saturated carbocycles. The van der Waals surface area contributed by atoms with Gasteiger partial charge in [0.2, 0.25) is 11.1 Å². The molecule has 7 nitrogen and oxygen atoms in total. The first kappa shape index (κ1) is 17.2. The number of carbonyl (C=O) groups is 1. The van der Waals surface area contributed by atoms with Gasteiger partial charge < -0.3 is 15.9 Å². The van der Waals surface area contributed by atoms with Crippen molar-refractivity contribution in [1.29, 1.82) is 0 Å². The van der Waals surface area contributed by atoms with Crippen molar-refractivity contribution in [3.8, 4) is 17.1 Å². The third-order valence-corrected chi connectivity index (χ3v) is 5.88. The SMILES string of the molecule is COc1ccccc1-c1nnc(SCC(=O)NC(C2CC2)C2CC2)n1N. The van der Waals surface area contributed by atoms with E-state index >= 15 is 0 Å². The van der Waals surface area contributed by atoms with Crippen molar-refractivity contribution in [2.75, 3.05) is 18.7 Å². The molecule has 0 atom stereocenters. The number of aromatic nitrogens is 3. The number of carbonyl (C=O) groups excluding carboxylic acids is 1. The van der Waals surface area contributed by atoms with Gasteiger partial charge in [-0.05, 0) is 49.7 Å². The Morgan fingerprint density at radius 3 is 2.65 bits per heavy atom. The van der Waals surface area contributed by atoms with Gasteiger partial charge in [0.25, 0.3) is 0 Å². The molecule has 1 heterocycles. The van der Waals surface area contributed by atoms with E-state index in [-0.39, 0.29) is 11.7 Å². The molecular weight excluding hydrogens is 350 g/mol. The highest BCUT2D eigenvalue weighted by Gasteiger charge is 2.42. The van der Waals surface area contributed by atoms with E-state index in [1.54, 1.807) is 7.11 Å². The first-order valence-corrected chi connectivity index (χ1v) is 9.92. The van der Waals surface area contributed by atoms with E-state index in [2.05, 4.69) is 15.5 Å². The molecule has 1 amide bonds. The van der Waals surface area contributed by atoms with Crippen molar-refractivity contribution >= 4 is 17.7 Å². The normalized spacial score (nSPS) is 16.7. The molecule has 1 aromatic heterocycles. The van der Waals surface area contributed by atoms with Crippen LogP contribution in [0.4, 0.5) is 0 Å². The Balaban J connectivity index is 1.39. The number of methoxy groups -OCH3 is 1. The molecule has 2 aromatic rings. The van der Waals surface area contributed by atoms with Gasteiger partial charge in [-0.15, -0.1) is 10.2 Å². The van der Waals surface area contributed by atoms with Crippen LogP contribution in [0.15, 0.2) is 29.4 Å². The standard InChI is InChI=1S/C18H23N5O2S/c1-25-14-5-3-2-4-13(14)17-21-22-18(23(17)19)26-10-15(24)20-16(11-6-7-11)12-8-9-12/h2-5,11-12,16H,6-10,19H2,1H3,(H,20,24). The zero-order chi connectivity index (χ0) is 18.1. The molecule has 0 aliphatic heterocycles. The number of hydrogen-bond acceptors (Lipinski definition) is 6. The van der Waals surface area contributed by atoms with Crippen LogP contribution in [0.25, 0.3) is 11.4 Å². The van der Waals surface area contributed by atoms with Gasteiger partial charge in [-0.3, -0.25) is 4.79 Å². The summed E-state index contributed by atoms with van der Waals surface area (Å²) in [7, 11) is 1.60. The number of rotatable bonds is 8. The highest BCUT2D eigenvalue weighted by molar-refractivity contribution is 7.99. The fourth-order valence-electron chi connectivity index (χ4n) is 3.28. The molecule has 2 fully saturated rings. The van der Waals surface area contributed by atoms with Crippen molar-refractivity contribution in [3.05, 3.63) is 24.3 Å². The van der Waals surface area contributed by atoms with Crippen molar-refractivity contribution in [2.24, 2.45) is 11.8 Å². The maximum atomic E-state index is 12.3. The largest absolute Gasteiger partial charge is 0.496 e. The third kappa shape index (κ3) is 3.65. The molecule has 0 saturated heterocycles. The van der Waals surface area contributed by atoms with Gasteiger partial charge in [0.1, 0.15) is 5.75 Å². The second kappa shape index (κ2) is 7.19. The number of para-hydroxylation sites is 1. The zero-order valence-corrected chi connectivity index (χ0v) is 15.5. The molecule has 8 heteroatoms. The predicted octanol–water partition coefficient (Wildman–Crippen LogP) is 2.06. The Hall–Kier alpha value is -2.22. The Bertz CT molecular complexity index is 789. The Morgan fingerprint density at radius 1 is 1.31 bits per heavy atom. The topological polar surface area (TPSA) is 95.1 Å². The first-order chi connectivity index (χ1) is 12.7. The summed E-state index contributed by atoms with van der Waals surface area (Å²) in [6, 6.07) is 7.87. The lowest BCUT2D eigenvalue weighted by Gasteiger charge is -2.17. The monoisotopic (exact) mass is 373 g/mol. The molecule has 0 radical (unpaired) electrons. The summed E-state index contributed by atoms with van der Waals surface area (Å²) in [5.74, 6) is 9.04. The predicted molar refractivity (Wildman–Crippen MR) is 100 cm³/mol. The molecule has 26 heavy (non-hydrogen) atoms. The number of nitrogen functional groups attached to an aromatic ring is 1. The Morgan fingerprint density at radius 2 is 2.00 bits per heavy atom. The first-order valence-electron chi connectivity index (χ1n) is 8.93. The van der Waals surface area contributed by atoms with Gasteiger partial charge in [0.05, 0.1) is 18.4 Å². The minimum atomic E-state index is 0.0423. The van der Waals surface area contributed by atoms with Crippen LogP contribution in [-0.4, -0.2) is 39.7 Å². The number of amides is 1. The summed E-state index contributed by atoms with van der Waals surface area (Å²) in [6.45, 7) is 0. The van der Waals surface area contributed by atoms with E-state index in [0.29, 0.717) is 34.6 Å². The van der Waals surface area contributed by atoms with E-state index in [1.165, 1.54) is 42.1 Å². The molecule has 0 unspecified atom stereocenters. The van der Waals surface area contributed by atoms with Crippen molar-refractivity contribution in [3.63, 3.8) is 0 Å². The summed E-state index contributed by atoms with van der Waals surface area (Å²) >= 11 is 1.30. The number of ether oxygens (including phenoxy) is 1. The third-order valence-electron chi connectivity index (χ3n) is 4.93. The fourth-order valence-corrected chi connectivity index (χ4v) is 3.95. The number of nitrogens with two attached hydrogens (primary N) is 1. The second-order valence-corrected chi connectivity index (χ2v) is 7.88. The van der Waals surface area contributed by atoms with Gasteiger partial charge in [0, 0.05) is 6.04 Å². The minimum Gasteiger partial charge on any atom is -0.496 e. The lowest BCUT2D eigenvalue weighted by atomic mass is 10.1. The average molecular weight is 373 g/mol. The Kier molecular flexibility index (Phi) is 4.76. The maximum Gasteiger partial charge on any atom is 0.230 e. The number of benzene rings is 1. The summed E-state index contributed by atoms with van der Waals surface area (Å²) in [4.78, 5) is 12.3. The number of hydrogen-bond donors (Lipinski definition) is 2. The summed E-state index contributed by atoms with van der Waals surface area (Å²) in [5, 5.41) is 12.0. The molecule has 4 rings (SSSR count). The number of nitrogens with zero attached hydrogens (tertiary/aromatic N) is 3. The van der Waals surface area contributed by atoms with Crippen LogP contribution in [-0.2, 0) is 4.79 Å². The molecular formula is C18H23N5O2S. The van der Waals surface area contributed by atoms with Crippen LogP contribution in [0, 0.1) is 11.8 Å².